The van der Waals surface area contributed by atoms with Crippen molar-refractivity contribution in [1.29, 1.82) is 0 Å². The van der Waals surface area contributed by atoms with Gasteiger partial charge in [-0.1, -0.05) is 46.9 Å². The predicted octanol–water partition coefficient (Wildman–Crippen LogP) is 5.02. The molecule has 0 amide bonds. The Morgan fingerprint density at radius 3 is 1.75 bits per heavy atom. The van der Waals surface area contributed by atoms with Crippen molar-refractivity contribution in [1.82, 2.24) is 0 Å². The molecule has 0 saturated heterocycles. The molecule has 0 heterocycles. The lowest BCUT2D eigenvalue weighted by Gasteiger charge is -2.05. The fraction of sp³-hybridized carbons (Fsp3) is 0. The SMILES string of the molecule is Oc1c(Cl)cc(-c2ccc(Cl)cc2)cc1Cl. The number of phenols is 1. The summed E-state index contributed by atoms with van der Waals surface area (Å²) in [6.07, 6.45) is 0. The van der Waals surface area contributed by atoms with Crippen LogP contribution in [0.15, 0.2) is 36.4 Å². The maximum atomic E-state index is 9.44. The number of halogens is 3. The topological polar surface area (TPSA) is 20.2 Å². The molecule has 1 N–H and O–H groups in total. The Bertz CT molecular complexity index is 497. The van der Waals surface area contributed by atoms with Crippen LogP contribution in [0.3, 0.4) is 0 Å². The summed E-state index contributed by atoms with van der Waals surface area (Å²) < 4.78 is 0. The molecule has 0 aromatic heterocycles. The Hall–Kier alpha value is -0.890. The van der Waals surface area contributed by atoms with Gasteiger partial charge in [0, 0.05) is 5.02 Å². The van der Waals surface area contributed by atoms with Gasteiger partial charge in [0.05, 0.1) is 10.0 Å². The minimum absolute atomic E-state index is 0.0963. The Morgan fingerprint density at radius 1 is 0.750 bits per heavy atom. The van der Waals surface area contributed by atoms with Crippen molar-refractivity contribution >= 4 is 34.8 Å². The van der Waals surface area contributed by atoms with Gasteiger partial charge in [0.25, 0.3) is 0 Å². The molecule has 2 aromatic rings. The predicted molar refractivity (Wildman–Crippen MR) is 68.6 cm³/mol. The van der Waals surface area contributed by atoms with E-state index in [1.54, 1.807) is 24.3 Å². The minimum Gasteiger partial charge on any atom is -0.505 e. The van der Waals surface area contributed by atoms with Crippen LogP contribution in [0.1, 0.15) is 0 Å². The molecule has 1 nitrogen and oxygen atoms in total. The van der Waals surface area contributed by atoms with E-state index >= 15 is 0 Å². The Kier molecular flexibility index (Phi) is 3.29. The number of hydrogen-bond acceptors (Lipinski definition) is 1. The summed E-state index contributed by atoms with van der Waals surface area (Å²) in [6, 6.07) is 10.6. The van der Waals surface area contributed by atoms with E-state index in [1.807, 2.05) is 12.1 Å². The largest absolute Gasteiger partial charge is 0.505 e. The summed E-state index contributed by atoms with van der Waals surface area (Å²) in [5.74, 6) is -0.0963. The zero-order valence-corrected chi connectivity index (χ0v) is 10.3. The van der Waals surface area contributed by atoms with E-state index in [0.717, 1.165) is 11.1 Å². The quantitative estimate of drug-likeness (QED) is 0.773. The third-order valence-electron chi connectivity index (χ3n) is 2.19. The van der Waals surface area contributed by atoms with Crippen LogP contribution < -0.4 is 0 Å². The molecule has 82 valence electrons. The standard InChI is InChI=1S/C12H7Cl3O/c13-9-3-1-7(2-4-9)8-5-10(14)12(16)11(15)6-8/h1-6,16H. The van der Waals surface area contributed by atoms with Crippen molar-refractivity contribution in [2.75, 3.05) is 0 Å². The molecule has 0 saturated carbocycles. The Balaban J connectivity index is 2.52. The second-order valence-electron chi connectivity index (χ2n) is 3.30. The molecule has 0 fully saturated rings. The summed E-state index contributed by atoms with van der Waals surface area (Å²) in [7, 11) is 0. The van der Waals surface area contributed by atoms with Crippen LogP contribution in [-0.4, -0.2) is 5.11 Å². The number of phenolic OH excluding ortho intramolecular Hbond substituents is 1. The maximum absolute atomic E-state index is 9.44. The molecule has 16 heavy (non-hydrogen) atoms. The first-order chi connectivity index (χ1) is 7.58. The van der Waals surface area contributed by atoms with Crippen LogP contribution in [0.2, 0.25) is 15.1 Å². The molecule has 0 unspecified atom stereocenters. The first-order valence-electron chi connectivity index (χ1n) is 4.52. The van der Waals surface area contributed by atoms with E-state index in [2.05, 4.69) is 0 Å². The Labute approximate surface area is 108 Å². The number of benzene rings is 2. The zero-order valence-electron chi connectivity index (χ0n) is 8.05. The highest BCUT2D eigenvalue weighted by Gasteiger charge is 2.07. The molecule has 2 aromatic carbocycles. The third-order valence-corrected chi connectivity index (χ3v) is 3.02. The number of hydrogen-bond donors (Lipinski definition) is 1. The van der Waals surface area contributed by atoms with Crippen LogP contribution in [-0.2, 0) is 0 Å². The molecular formula is C12H7Cl3O. The molecule has 0 atom stereocenters. The summed E-state index contributed by atoms with van der Waals surface area (Å²) in [6.45, 7) is 0. The zero-order chi connectivity index (χ0) is 11.7. The van der Waals surface area contributed by atoms with Crippen molar-refractivity contribution in [3.05, 3.63) is 51.5 Å². The molecule has 0 aliphatic heterocycles. The van der Waals surface area contributed by atoms with E-state index < -0.39 is 0 Å². The summed E-state index contributed by atoms with van der Waals surface area (Å²) in [4.78, 5) is 0. The van der Waals surface area contributed by atoms with Gasteiger partial charge in [-0.3, -0.25) is 0 Å². The fourth-order valence-corrected chi connectivity index (χ4v) is 1.99. The van der Waals surface area contributed by atoms with E-state index in [4.69, 9.17) is 34.8 Å². The van der Waals surface area contributed by atoms with Gasteiger partial charge in [-0.05, 0) is 35.4 Å². The molecule has 0 aliphatic carbocycles. The van der Waals surface area contributed by atoms with Crippen LogP contribution >= 0.6 is 34.8 Å². The highest BCUT2D eigenvalue weighted by Crippen LogP contribution is 2.36. The van der Waals surface area contributed by atoms with Crippen molar-refractivity contribution in [3.63, 3.8) is 0 Å². The summed E-state index contributed by atoms with van der Waals surface area (Å²) >= 11 is 17.5. The van der Waals surface area contributed by atoms with E-state index in [0.29, 0.717) is 5.02 Å². The van der Waals surface area contributed by atoms with Gasteiger partial charge >= 0.3 is 0 Å². The minimum atomic E-state index is -0.0963. The van der Waals surface area contributed by atoms with Gasteiger partial charge in [0.1, 0.15) is 0 Å². The molecule has 0 bridgehead atoms. The van der Waals surface area contributed by atoms with Crippen molar-refractivity contribution in [2.24, 2.45) is 0 Å². The lowest BCUT2D eigenvalue weighted by Crippen LogP contribution is -1.79. The van der Waals surface area contributed by atoms with Crippen LogP contribution in [0.25, 0.3) is 11.1 Å². The van der Waals surface area contributed by atoms with Gasteiger partial charge in [-0.15, -0.1) is 0 Å². The molecule has 0 radical (unpaired) electrons. The average molecular weight is 274 g/mol. The van der Waals surface area contributed by atoms with Gasteiger partial charge in [-0.25, -0.2) is 0 Å². The van der Waals surface area contributed by atoms with Gasteiger partial charge < -0.3 is 5.11 Å². The summed E-state index contributed by atoms with van der Waals surface area (Å²) in [5.41, 5.74) is 1.78. The van der Waals surface area contributed by atoms with Crippen LogP contribution in [0.5, 0.6) is 5.75 Å². The smallest absolute Gasteiger partial charge is 0.152 e. The number of rotatable bonds is 1. The third kappa shape index (κ3) is 2.27. The molecule has 2 rings (SSSR count). The lowest BCUT2D eigenvalue weighted by atomic mass is 10.1. The Morgan fingerprint density at radius 2 is 1.25 bits per heavy atom. The van der Waals surface area contributed by atoms with E-state index in [9.17, 15) is 5.11 Å². The molecule has 4 heteroatoms. The highest BCUT2D eigenvalue weighted by atomic mass is 35.5. The normalized spacial score (nSPS) is 10.4. The van der Waals surface area contributed by atoms with Gasteiger partial charge in [0.2, 0.25) is 0 Å². The first-order valence-corrected chi connectivity index (χ1v) is 5.65. The molecule has 0 spiro atoms. The second-order valence-corrected chi connectivity index (χ2v) is 4.55. The van der Waals surface area contributed by atoms with Gasteiger partial charge in [0.15, 0.2) is 5.75 Å². The van der Waals surface area contributed by atoms with Crippen molar-refractivity contribution < 1.29 is 5.11 Å². The maximum Gasteiger partial charge on any atom is 0.152 e. The molecular weight excluding hydrogens is 266 g/mol. The van der Waals surface area contributed by atoms with Crippen molar-refractivity contribution in [3.8, 4) is 16.9 Å². The fourth-order valence-electron chi connectivity index (χ4n) is 1.37. The second kappa shape index (κ2) is 4.54. The van der Waals surface area contributed by atoms with Crippen LogP contribution in [0.4, 0.5) is 0 Å². The van der Waals surface area contributed by atoms with Crippen LogP contribution in [0, 0.1) is 0 Å². The number of aromatic hydroxyl groups is 1. The highest BCUT2D eigenvalue weighted by molar-refractivity contribution is 6.37. The van der Waals surface area contributed by atoms with Gasteiger partial charge in [-0.2, -0.15) is 0 Å². The molecule has 0 aliphatic rings. The summed E-state index contributed by atoms with van der Waals surface area (Å²) in [5, 5.41) is 10.6. The average Bonchev–Trinajstić information content (AvgIpc) is 2.26. The monoisotopic (exact) mass is 272 g/mol. The lowest BCUT2D eigenvalue weighted by molar-refractivity contribution is 0.476. The van der Waals surface area contributed by atoms with E-state index in [-0.39, 0.29) is 15.8 Å². The van der Waals surface area contributed by atoms with Crippen molar-refractivity contribution in [2.45, 2.75) is 0 Å². The first kappa shape index (κ1) is 11.6. The van der Waals surface area contributed by atoms with E-state index in [1.165, 1.54) is 0 Å².